The summed E-state index contributed by atoms with van der Waals surface area (Å²) in [5, 5.41) is 21.6. The van der Waals surface area contributed by atoms with E-state index in [-0.39, 0.29) is 11.4 Å². The van der Waals surface area contributed by atoms with Crippen LogP contribution < -0.4 is 0 Å². The normalized spacial score (nSPS) is 15.1. The van der Waals surface area contributed by atoms with Crippen LogP contribution in [-0.4, -0.2) is 15.8 Å². The minimum absolute atomic E-state index is 0.104. The second kappa shape index (κ2) is 5.58. The highest BCUT2D eigenvalue weighted by molar-refractivity contribution is 5.92. The van der Waals surface area contributed by atoms with Crippen LogP contribution in [0.3, 0.4) is 0 Å². The van der Waals surface area contributed by atoms with Gasteiger partial charge in [-0.3, -0.25) is 20.2 Å². The molecule has 0 radical (unpaired) electrons. The maximum Gasteiger partial charge on any atom is 0.329 e. The van der Waals surface area contributed by atoms with Gasteiger partial charge in [-0.25, -0.2) is 4.79 Å². The minimum Gasteiger partial charge on any atom is -0.434 e. The first-order valence-electron chi connectivity index (χ1n) is 6.84. The van der Waals surface area contributed by atoms with Crippen LogP contribution >= 0.6 is 0 Å². The third kappa shape index (κ3) is 2.30. The lowest BCUT2D eigenvalue weighted by molar-refractivity contribution is -0.385. The maximum absolute atomic E-state index is 12.4. The molecule has 0 aromatic heterocycles. The van der Waals surface area contributed by atoms with E-state index in [1.54, 1.807) is 0 Å². The van der Waals surface area contributed by atoms with Crippen molar-refractivity contribution in [1.82, 2.24) is 0 Å². The zero-order valence-corrected chi connectivity index (χ0v) is 12.1. The number of rotatable bonds is 4. The molecule has 8 nitrogen and oxygen atoms in total. The Morgan fingerprint density at radius 1 is 0.792 bits per heavy atom. The number of non-ortho nitro benzene ring substituents is 2. The number of carbonyl (C=O) groups is 1. The molecule has 2 aromatic rings. The zero-order valence-electron chi connectivity index (χ0n) is 12.1. The number of cyclic esters (lactones) is 1. The van der Waals surface area contributed by atoms with E-state index in [0.29, 0.717) is 11.1 Å². The predicted molar refractivity (Wildman–Crippen MR) is 82.2 cm³/mol. The Kier molecular flexibility index (Phi) is 3.57. The van der Waals surface area contributed by atoms with Crippen LogP contribution in [-0.2, 0) is 14.9 Å². The summed E-state index contributed by atoms with van der Waals surface area (Å²) in [6.07, 6.45) is 2.77. The highest BCUT2D eigenvalue weighted by Crippen LogP contribution is 2.39. The Morgan fingerprint density at radius 2 is 1.21 bits per heavy atom. The number of esters is 1. The third-order valence-electron chi connectivity index (χ3n) is 3.88. The SMILES string of the molecule is O=C1OC=CC1(c1ccc([N+](=O)[O-])cc1)c1ccc([N+](=O)[O-])cc1. The van der Waals surface area contributed by atoms with Gasteiger partial charge in [0.25, 0.3) is 11.4 Å². The van der Waals surface area contributed by atoms with Gasteiger partial charge in [0.2, 0.25) is 0 Å². The molecule has 0 aliphatic carbocycles. The average molecular weight is 326 g/mol. The second-order valence-electron chi connectivity index (χ2n) is 5.12. The topological polar surface area (TPSA) is 113 Å². The first-order valence-corrected chi connectivity index (χ1v) is 6.84. The predicted octanol–water partition coefficient (Wildman–Crippen LogP) is 2.86. The monoisotopic (exact) mass is 326 g/mol. The molecule has 24 heavy (non-hydrogen) atoms. The van der Waals surface area contributed by atoms with E-state index in [4.69, 9.17) is 4.74 Å². The van der Waals surface area contributed by atoms with Gasteiger partial charge >= 0.3 is 5.97 Å². The van der Waals surface area contributed by atoms with Crippen molar-refractivity contribution in [2.24, 2.45) is 0 Å². The van der Waals surface area contributed by atoms with Crippen molar-refractivity contribution in [2.45, 2.75) is 5.41 Å². The minimum atomic E-state index is -1.29. The van der Waals surface area contributed by atoms with Gasteiger partial charge in [-0.15, -0.1) is 0 Å². The molecule has 120 valence electrons. The van der Waals surface area contributed by atoms with Crippen molar-refractivity contribution < 1.29 is 19.4 Å². The van der Waals surface area contributed by atoms with E-state index in [1.807, 2.05) is 0 Å². The van der Waals surface area contributed by atoms with E-state index in [9.17, 15) is 25.0 Å². The van der Waals surface area contributed by atoms with Gasteiger partial charge < -0.3 is 4.74 Å². The number of nitro groups is 2. The highest BCUT2D eigenvalue weighted by atomic mass is 16.6. The molecule has 0 amide bonds. The largest absolute Gasteiger partial charge is 0.434 e. The number of carbonyl (C=O) groups excluding carboxylic acids is 1. The number of ether oxygens (including phenoxy) is 1. The van der Waals surface area contributed by atoms with Gasteiger partial charge in [-0.1, -0.05) is 24.3 Å². The van der Waals surface area contributed by atoms with Crippen LogP contribution in [0, 0.1) is 20.2 Å². The summed E-state index contributed by atoms with van der Waals surface area (Å²) in [5.74, 6) is -0.579. The van der Waals surface area contributed by atoms with Crippen LogP contribution in [0.4, 0.5) is 11.4 Å². The third-order valence-corrected chi connectivity index (χ3v) is 3.88. The molecule has 1 heterocycles. The van der Waals surface area contributed by atoms with Gasteiger partial charge in [0.15, 0.2) is 0 Å². The van der Waals surface area contributed by atoms with Crippen LogP contribution in [0.15, 0.2) is 60.9 Å². The fraction of sp³-hybridized carbons (Fsp3) is 0.0625. The summed E-state index contributed by atoms with van der Waals surface area (Å²) in [6.45, 7) is 0. The van der Waals surface area contributed by atoms with Crippen LogP contribution in [0.5, 0.6) is 0 Å². The molecule has 0 N–H and O–H groups in total. The number of hydrogen-bond acceptors (Lipinski definition) is 6. The Balaban J connectivity index is 2.12. The molecular weight excluding hydrogens is 316 g/mol. The molecule has 2 aromatic carbocycles. The lowest BCUT2D eigenvalue weighted by atomic mass is 9.75. The lowest BCUT2D eigenvalue weighted by Crippen LogP contribution is -2.32. The Morgan fingerprint density at radius 3 is 1.50 bits per heavy atom. The molecule has 1 aliphatic rings. The molecule has 3 rings (SSSR count). The molecule has 1 aliphatic heterocycles. The number of nitro benzene ring substituents is 2. The van der Waals surface area contributed by atoms with Crippen LogP contribution in [0.2, 0.25) is 0 Å². The number of hydrogen-bond donors (Lipinski definition) is 0. The molecule has 8 heteroatoms. The molecular formula is C16H10N2O6. The first-order chi connectivity index (χ1) is 11.4. The Labute approximate surface area is 135 Å². The van der Waals surface area contributed by atoms with Gasteiger partial charge in [0.1, 0.15) is 5.41 Å². The van der Waals surface area contributed by atoms with Gasteiger partial charge in [0, 0.05) is 24.3 Å². The summed E-state index contributed by atoms with van der Waals surface area (Å²) < 4.78 is 4.95. The smallest absolute Gasteiger partial charge is 0.329 e. The molecule has 0 fully saturated rings. The molecule has 0 unspecified atom stereocenters. The Hall–Kier alpha value is -3.55. The van der Waals surface area contributed by atoms with Crippen molar-refractivity contribution in [3.63, 3.8) is 0 Å². The fourth-order valence-corrected chi connectivity index (χ4v) is 2.65. The standard InChI is InChI=1S/C16H10N2O6/c19-15-16(9-10-24-15,11-1-5-13(6-2-11)17(20)21)12-3-7-14(8-4-12)18(22)23/h1-10H. The summed E-state index contributed by atoms with van der Waals surface area (Å²) in [4.78, 5) is 32.9. The van der Waals surface area contributed by atoms with E-state index in [2.05, 4.69) is 0 Å². The zero-order chi connectivity index (χ0) is 17.3. The van der Waals surface area contributed by atoms with Crippen molar-refractivity contribution in [2.75, 3.05) is 0 Å². The lowest BCUT2D eigenvalue weighted by Gasteiger charge is -2.24. The van der Waals surface area contributed by atoms with Crippen molar-refractivity contribution in [3.8, 4) is 0 Å². The second-order valence-corrected chi connectivity index (χ2v) is 5.12. The van der Waals surface area contributed by atoms with Crippen molar-refractivity contribution in [3.05, 3.63) is 92.2 Å². The van der Waals surface area contributed by atoms with Crippen LogP contribution in [0.1, 0.15) is 11.1 Å². The van der Waals surface area contributed by atoms with Crippen LogP contribution in [0.25, 0.3) is 0 Å². The molecule has 0 spiro atoms. The highest BCUT2D eigenvalue weighted by Gasteiger charge is 2.44. The summed E-state index contributed by atoms with van der Waals surface area (Å²) in [5.41, 5.74) is -0.549. The van der Waals surface area contributed by atoms with Gasteiger partial charge in [-0.05, 0) is 17.2 Å². The molecule has 0 atom stereocenters. The number of benzene rings is 2. The van der Waals surface area contributed by atoms with Crippen molar-refractivity contribution >= 4 is 17.3 Å². The quantitative estimate of drug-likeness (QED) is 0.485. The average Bonchev–Trinajstić information content (AvgIpc) is 2.97. The van der Waals surface area contributed by atoms with Crippen molar-refractivity contribution in [1.29, 1.82) is 0 Å². The van der Waals surface area contributed by atoms with E-state index in [0.717, 1.165) is 0 Å². The van der Waals surface area contributed by atoms with Gasteiger partial charge in [0.05, 0.1) is 16.1 Å². The fourth-order valence-electron chi connectivity index (χ4n) is 2.65. The van der Waals surface area contributed by atoms with E-state index < -0.39 is 21.2 Å². The van der Waals surface area contributed by atoms with E-state index in [1.165, 1.54) is 60.9 Å². The Bertz CT molecular complexity index is 798. The van der Waals surface area contributed by atoms with Gasteiger partial charge in [-0.2, -0.15) is 0 Å². The molecule has 0 bridgehead atoms. The summed E-state index contributed by atoms with van der Waals surface area (Å²) in [6, 6.07) is 11.0. The maximum atomic E-state index is 12.4. The molecule has 0 saturated carbocycles. The summed E-state index contributed by atoms with van der Waals surface area (Å²) >= 11 is 0. The summed E-state index contributed by atoms with van der Waals surface area (Å²) in [7, 11) is 0. The molecule has 0 saturated heterocycles. The number of nitrogens with zero attached hydrogens (tertiary/aromatic N) is 2. The van der Waals surface area contributed by atoms with E-state index >= 15 is 0 Å². The first kappa shape index (κ1) is 15.3.